The van der Waals surface area contributed by atoms with Crippen molar-refractivity contribution in [2.45, 2.75) is 0 Å². The predicted molar refractivity (Wildman–Crippen MR) is 64.9 cm³/mol. The monoisotopic (exact) mass is 214 g/mol. The van der Waals surface area contributed by atoms with E-state index in [9.17, 15) is 4.79 Å². The molecule has 2 rings (SSSR count). The molecule has 0 aliphatic carbocycles. The molecule has 0 aliphatic heterocycles. The molecular formula is C13H10OS. The third-order valence-electron chi connectivity index (χ3n) is 2.11. The molecule has 1 nitrogen and oxygen atoms in total. The predicted octanol–water partition coefficient (Wildman–Crippen LogP) is 3.63. The highest BCUT2D eigenvalue weighted by Crippen LogP contribution is 2.23. The minimum Gasteiger partial charge on any atom is -0.299 e. The number of allylic oxidation sites excluding steroid dienone is 1. The Balaban J connectivity index is 2.34. The first kappa shape index (κ1) is 9.87. The molecule has 74 valence electrons. The summed E-state index contributed by atoms with van der Waals surface area (Å²) in [5, 5.41) is 4.17. The Morgan fingerprint density at radius 2 is 2.07 bits per heavy atom. The van der Waals surface area contributed by atoms with Crippen molar-refractivity contribution in [3.05, 3.63) is 52.7 Å². The van der Waals surface area contributed by atoms with E-state index in [1.807, 2.05) is 18.2 Å². The standard InChI is InChI=1S/C13H10OS/c14-7-2-4-11-3-1-5-12(9-11)13-6-8-15-10-13/h1-10H. The summed E-state index contributed by atoms with van der Waals surface area (Å²) in [4.78, 5) is 10.2. The highest BCUT2D eigenvalue weighted by atomic mass is 32.1. The van der Waals surface area contributed by atoms with Crippen molar-refractivity contribution in [3.63, 3.8) is 0 Å². The quantitative estimate of drug-likeness (QED) is 0.563. The van der Waals surface area contributed by atoms with Crippen LogP contribution in [-0.2, 0) is 4.79 Å². The van der Waals surface area contributed by atoms with Crippen molar-refractivity contribution in [1.82, 2.24) is 0 Å². The Labute approximate surface area is 92.7 Å². The number of carbonyl (C=O) groups excluding carboxylic acids is 1. The van der Waals surface area contributed by atoms with E-state index in [0.717, 1.165) is 11.8 Å². The van der Waals surface area contributed by atoms with Gasteiger partial charge in [0, 0.05) is 0 Å². The molecule has 0 bridgehead atoms. The summed E-state index contributed by atoms with van der Waals surface area (Å²) in [6, 6.07) is 10.2. The normalized spacial score (nSPS) is 10.7. The van der Waals surface area contributed by atoms with Gasteiger partial charge in [0.2, 0.25) is 0 Å². The Morgan fingerprint density at radius 1 is 1.13 bits per heavy atom. The van der Waals surface area contributed by atoms with Gasteiger partial charge in [0.15, 0.2) is 0 Å². The molecule has 0 saturated carbocycles. The molecule has 0 fully saturated rings. The van der Waals surface area contributed by atoms with E-state index in [0.29, 0.717) is 0 Å². The SMILES string of the molecule is O=CC=Cc1cccc(-c2ccsc2)c1. The summed E-state index contributed by atoms with van der Waals surface area (Å²) >= 11 is 1.68. The summed E-state index contributed by atoms with van der Waals surface area (Å²) in [5.74, 6) is 0. The van der Waals surface area contributed by atoms with Crippen LogP contribution in [0.2, 0.25) is 0 Å². The number of thiophene rings is 1. The van der Waals surface area contributed by atoms with E-state index in [2.05, 4.69) is 29.0 Å². The van der Waals surface area contributed by atoms with Crippen molar-refractivity contribution >= 4 is 23.7 Å². The summed E-state index contributed by atoms with van der Waals surface area (Å²) in [7, 11) is 0. The maximum absolute atomic E-state index is 10.2. The molecule has 0 atom stereocenters. The molecule has 15 heavy (non-hydrogen) atoms. The molecule has 1 aromatic carbocycles. The maximum Gasteiger partial charge on any atom is 0.142 e. The largest absolute Gasteiger partial charge is 0.299 e. The van der Waals surface area contributed by atoms with Gasteiger partial charge in [0.25, 0.3) is 0 Å². The van der Waals surface area contributed by atoms with E-state index in [1.54, 1.807) is 11.3 Å². The lowest BCUT2D eigenvalue weighted by Gasteiger charge is -1.99. The van der Waals surface area contributed by atoms with Gasteiger partial charge < -0.3 is 0 Å². The van der Waals surface area contributed by atoms with E-state index >= 15 is 0 Å². The van der Waals surface area contributed by atoms with Gasteiger partial charge in [0.1, 0.15) is 6.29 Å². The first-order valence-corrected chi connectivity index (χ1v) is 5.59. The molecule has 2 aromatic rings. The van der Waals surface area contributed by atoms with E-state index < -0.39 is 0 Å². The minimum atomic E-state index is 0.789. The highest BCUT2D eigenvalue weighted by Gasteiger charge is 1.97. The van der Waals surface area contributed by atoms with Crippen molar-refractivity contribution in [3.8, 4) is 11.1 Å². The summed E-state index contributed by atoms with van der Waals surface area (Å²) in [5.41, 5.74) is 3.46. The summed E-state index contributed by atoms with van der Waals surface area (Å²) < 4.78 is 0. The van der Waals surface area contributed by atoms with Crippen molar-refractivity contribution < 1.29 is 4.79 Å². The van der Waals surface area contributed by atoms with Crippen molar-refractivity contribution in [2.24, 2.45) is 0 Å². The molecule has 2 heteroatoms. The molecule has 0 spiro atoms. The van der Waals surface area contributed by atoms with Crippen LogP contribution in [0.5, 0.6) is 0 Å². The van der Waals surface area contributed by atoms with Gasteiger partial charge in [-0.05, 0) is 45.7 Å². The number of aldehydes is 1. The lowest BCUT2D eigenvalue weighted by molar-refractivity contribution is -0.104. The summed E-state index contributed by atoms with van der Waals surface area (Å²) in [6.45, 7) is 0. The smallest absolute Gasteiger partial charge is 0.142 e. The van der Waals surface area contributed by atoms with Gasteiger partial charge >= 0.3 is 0 Å². The number of hydrogen-bond acceptors (Lipinski definition) is 2. The van der Waals surface area contributed by atoms with Gasteiger partial charge in [-0.1, -0.05) is 24.3 Å². The van der Waals surface area contributed by atoms with Gasteiger partial charge in [-0.25, -0.2) is 0 Å². The van der Waals surface area contributed by atoms with Crippen LogP contribution < -0.4 is 0 Å². The number of carbonyl (C=O) groups is 1. The Kier molecular flexibility index (Phi) is 3.10. The van der Waals surface area contributed by atoms with Crippen LogP contribution in [0.1, 0.15) is 5.56 Å². The van der Waals surface area contributed by atoms with Crippen LogP contribution in [0.15, 0.2) is 47.2 Å². The third-order valence-corrected chi connectivity index (χ3v) is 2.79. The Bertz CT molecular complexity index is 469. The number of benzene rings is 1. The van der Waals surface area contributed by atoms with Crippen molar-refractivity contribution in [2.75, 3.05) is 0 Å². The Hall–Kier alpha value is -1.67. The second kappa shape index (κ2) is 4.71. The molecule has 0 saturated heterocycles. The van der Waals surface area contributed by atoms with E-state index in [1.165, 1.54) is 17.2 Å². The topological polar surface area (TPSA) is 17.1 Å². The number of rotatable bonds is 3. The van der Waals surface area contributed by atoms with E-state index in [-0.39, 0.29) is 0 Å². The van der Waals surface area contributed by atoms with Crippen LogP contribution in [0, 0.1) is 0 Å². The van der Waals surface area contributed by atoms with Gasteiger partial charge in [0.05, 0.1) is 0 Å². The molecule has 0 radical (unpaired) electrons. The molecule has 1 heterocycles. The fourth-order valence-corrected chi connectivity index (χ4v) is 2.07. The lowest BCUT2D eigenvalue weighted by Crippen LogP contribution is -1.76. The molecule has 0 aliphatic rings. The van der Waals surface area contributed by atoms with Crippen LogP contribution in [0.3, 0.4) is 0 Å². The lowest BCUT2D eigenvalue weighted by atomic mass is 10.1. The second-order valence-electron chi connectivity index (χ2n) is 3.13. The molecule has 0 N–H and O–H groups in total. The first-order valence-electron chi connectivity index (χ1n) is 4.64. The second-order valence-corrected chi connectivity index (χ2v) is 3.91. The fourth-order valence-electron chi connectivity index (χ4n) is 1.40. The molecule has 0 unspecified atom stereocenters. The number of hydrogen-bond donors (Lipinski definition) is 0. The van der Waals surface area contributed by atoms with Crippen LogP contribution in [0.25, 0.3) is 17.2 Å². The average molecular weight is 214 g/mol. The van der Waals surface area contributed by atoms with Gasteiger partial charge in [-0.15, -0.1) is 0 Å². The van der Waals surface area contributed by atoms with Crippen LogP contribution in [0.4, 0.5) is 0 Å². The summed E-state index contributed by atoms with van der Waals surface area (Å²) in [6.07, 6.45) is 4.10. The van der Waals surface area contributed by atoms with Crippen molar-refractivity contribution in [1.29, 1.82) is 0 Å². The average Bonchev–Trinajstić information content (AvgIpc) is 2.80. The maximum atomic E-state index is 10.2. The van der Waals surface area contributed by atoms with Gasteiger partial charge in [-0.2, -0.15) is 11.3 Å². The zero-order valence-electron chi connectivity index (χ0n) is 8.09. The van der Waals surface area contributed by atoms with Crippen LogP contribution in [-0.4, -0.2) is 6.29 Å². The third kappa shape index (κ3) is 2.42. The minimum absolute atomic E-state index is 0.789. The Morgan fingerprint density at radius 3 is 2.80 bits per heavy atom. The highest BCUT2D eigenvalue weighted by molar-refractivity contribution is 7.08. The zero-order chi connectivity index (χ0) is 10.5. The van der Waals surface area contributed by atoms with Crippen LogP contribution >= 0.6 is 11.3 Å². The zero-order valence-corrected chi connectivity index (χ0v) is 8.91. The molecule has 0 amide bonds. The van der Waals surface area contributed by atoms with E-state index in [4.69, 9.17) is 0 Å². The first-order chi connectivity index (χ1) is 7.40. The van der Waals surface area contributed by atoms with Gasteiger partial charge in [-0.3, -0.25) is 4.79 Å². The molecular weight excluding hydrogens is 204 g/mol. The fraction of sp³-hybridized carbons (Fsp3) is 0. The molecule has 1 aromatic heterocycles.